The largest absolute Gasteiger partial charge is 0.477 e. The first-order valence-electron chi connectivity index (χ1n) is 11.9. The number of fused-ring (bicyclic) bond motifs is 3. The first-order valence-corrected chi connectivity index (χ1v) is 11.9. The number of rotatable bonds is 3. The van der Waals surface area contributed by atoms with Crippen LogP contribution in [-0.2, 0) is 10.3 Å². The van der Waals surface area contributed by atoms with E-state index in [1.807, 2.05) is 0 Å². The number of carboxylic acids is 1. The van der Waals surface area contributed by atoms with E-state index in [-0.39, 0.29) is 39.1 Å². The van der Waals surface area contributed by atoms with E-state index in [9.17, 15) is 27.9 Å². The lowest BCUT2D eigenvalue weighted by atomic mass is 10.0. The number of benzene rings is 3. The van der Waals surface area contributed by atoms with Gasteiger partial charge in [0, 0.05) is 16.2 Å². The molecule has 0 atom stereocenters. The summed E-state index contributed by atoms with van der Waals surface area (Å²) >= 11 is 0. The minimum Gasteiger partial charge on any atom is -0.477 e. The molecule has 0 spiro atoms. The lowest BCUT2D eigenvalue weighted by Gasteiger charge is -2.14. The van der Waals surface area contributed by atoms with E-state index in [4.69, 9.17) is 5.11 Å². The zero-order chi connectivity index (χ0) is 29.9. The molecule has 11 nitrogen and oxygen atoms in total. The Balaban J connectivity index is 0.000000142. The molecule has 0 bridgehead atoms. The lowest BCUT2D eigenvalue weighted by molar-refractivity contribution is 0.0595. The van der Waals surface area contributed by atoms with Crippen molar-refractivity contribution in [3.63, 3.8) is 0 Å². The normalized spacial score (nSPS) is 11.1. The van der Waals surface area contributed by atoms with Crippen LogP contribution in [0.1, 0.15) is 40.5 Å². The van der Waals surface area contributed by atoms with Gasteiger partial charge in [-0.1, -0.05) is 36.4 Å². The smallest absolute Gasteiger partial charge is 0.356 e. The van der Waals surface area contributed by atoms with Gasteiger partial charge < -0.3 is 14.9 Å². The van der Waals surface area contributed by atoms with Crippen LogP contribution in [0.4, 0.5) is 13.2 Å². The fourth-order valence-corrected chi connectivity index (χ4v) is 3.90. The van der Waals surface area contributed by atoms with Crippen LogP contribution in [0.25, 0.3) is 32.7 Å². The summed E-state index contributed by atoms with van der Waals surface area (Å²) in [5.74, 6) is -3.07. The number of aromatic amines is 3. The Bertz CT molecular complexity index is 1870. The van der Waals surface area contributed by atoms with E-state index < -0.39 is 29.2 Å². The quantitative estimate of drug-likeness (QED) is 0.189. The number of nitrogens with one attached hydrogen (secondary N) is 3. The van der Waals surface area contributed by atoms with E-state index in [0.717, 1.165) is 0 Å². The van der Waals surface area contributed by atoms with Gasteiger partial charge in [-0.25, -0.2) is 22.8 Å². The van der Waals surface area contributed by atoms with Crippen molar-refractivity contribution in [2.24, 2.45) is 0 Å². The molecule has 0 aliphatic rings. The van der Waals surface area contributed by atoms with Gasteiger partial charge in [0.2, 0.25) is 0 Å². The number of aromatic carboxylic acids is 1. The maximum atomic E-state index is 13.2. The molecule has 0 aliphatic heterocycles. The maximum Gasteiger partial charge on any atom is 0.356 e. The Morgan fingerprint density at radius 1 is 0.732 bits per heavy atom. The number of aliphatic hydroxyl groups is 1. The summed E-state index contributed by atoms with van der Waals surface area (Å²) in [6.07, 6.45) is 0. The first kappa shape index (κ1) is 28.8. The maximum absolute atomic E-state index is 13.2. The van der Waals surface area contributed by atoms with Gasteiger partial charge in [0.15, 0.2) is 28.8 Å². The van der Waals surface area contributed by atoms with Crippen molar-refractivity contribution < 1.29 is 37.7 Å². The molecule has 6 rings (SSSR count). The Labute approximate surface area is 229 Å². The van der Waals surface area contributed by atoms with E-state index in [1.165, 1.54) is 43.5 Å². The number of para-hydroxylation sites is 3. The number of halogens is 3. The number of H-pyrrole nitrogens is 3. The average Bonchev–Trinajstić information content (AvgIpc) is 3.67. The highest BCUT2D eigenvalue weighted by Gasteiger charge is 2.22. The number of nitrogens with zero attached hydrogens (tertiary/aromatic N) is 3. The fraction of sp³-hybridized carbons (Fsp3) is 0.148. The lowest BCUT2D eigenvalue weighted by Crippen LogP contribution is -2.16. The third-order valence-corrected chi connectivity index (χ3v) is 5.82. The molecule has 3 aromatic heterocycles. The van der Waals surface area contributed by atoms with Crippen LogP contribution < -0.4 is 0 Å². The summed E-state index contributed by atoms with van der Waals surface area (Å²) in [5, 5.41) is 38.2. The Hall–Kier alpha value is -5.24. The summed E-state index contributed by atoms with van der Waals surface area (Å²) in [5.41, 5.74) is 0.0450. The topological polar surface area (TPSA) is 170 Å². The van der Waals surface area contributed by atoms with Crippen molar-refractivity contribution in [3.8, 4) is 0 Å². The second-order valence-corrected chi connectivity index (χ2v) is 9.06. The van der Waals surface area contributed by atoms with Crippen molar-refractivity contribution in [2.45, 2.75) is 19.4 Å². The fourth-order valence-electron chi connectivity index (χ4n) is 3.90. The van der Waals surface area contributed by atoms with Gasteiger partial charge in [-0.3, -0.25) is 15.3 Å². The number of carbonyl (C=O) groups is 2. The molecule has 212 valence electrons. The minimum absolute atomic E-state index is 0.0555. The molecule has 0 saturated carbocycles. The van der Waals surface area contributed by atoms with Crippen molar-refractivity contribution in [3.05, 3.63) is 89.1 Å². The highest BCUT2D eigenvalue weighted by atomic mass is 19.1. The van der Waals surface area contributed by atoms with Crippen LogP contribution in [0.15, 0.2) is 54.6 Å². The molecule has 5 N–H and O–H groups in total. The number of methoxy groups -OCH3 is 1. The molecule has 3 heterocycles. The zero-order valence-corrected chi connectivity index (χ0v) is 21.8. The van der Waals surface area contributed by atoms with Crippen molar-refractivity contribution in [2.75, 3.05) is 7.11 Å². The molecule has 6 aromatic rings. The summed E-state index contributed by atoms with van der Waals surface area (Å²) in [7, 11) is 1.26. The molecule has 0 aliphatic carbocycles. The van der Waals surface area contributed by atoms with Crippen molar-refractivity contribution >= 4 is 44.6 Å². The molecule has 0 unspecified atom stereocenters. The summed E-state index contributed by atoms with van der Waals surface area (Å²) in [6, 6.07) is 13.3. The molecule has 41 heavy (non-hydrogen) atoms. The number of carboxylic acid groups (broad SMARTS) is 1. The molecule has 0 fully saturated rings. The number of aromatic nitrogens is 6. The molecule has 0 amide bonds. The predicted molar refractivity (Wildman–Crippen MR) is 142 cm³/mol. The molecule has 14 heteroatoms. The van der Waals surface area contributed by atoms with Crippen molar-refractivity contribution in [1.29, 1.82) is 0 Å². The van der Waals surface area contributed by atoms with Crippen LogP contribution in [0.2, 0.25) is 0 Å². The molecule has 0 radical (unpaired) electrons. The summed E-state index contributed by atoms with van der Waals surface area (Å²) < 4.78 is 43.9. The number of carbonyl (C=O) groups excluding carboxylic acids is 1. The van der Waals surface area contributed by atoms with Crippen LogP contribution >= 0.6 is 0 Å². The van der Waals surface area contributed by atoms with Crippen LogP contribution in [0.5, 0.6) is 0 Å². The minimum atomic E-state index is -1.15. The van der Waals surface area contributed by atoms with E-state index in [2.05, 4.69) is 35.3 Å². The van der Waals surface area contributed by atoms with Gasteiger partial charge in [-0.05, 0) is 32.0 Å². The van der Waals surface area contributed by atoms with Gasteiger partial charge in [0.25, 0.3) is 0 Å². The molecular weight excluding hydrogens is 545 g/mol. The SMILES string of the molecule is CC(C)(O)c1[nH]nc2c(F)cccc12.COC(=O)c1[nH]nc2c(F)cccc12.O=C(O)c1[nH]nc2c(F)cccc12. The zero-order valence-electron chi connectivity index (χ0n) is 21.8. The van der Waals surface area contributed by atoms with E-state index >= 15 is 0 Å². The summed E-state index contributed by atoms with van der Waals surface area (Å²) in [6.45, 7) is 3.26. The number of hydrogen-bond acceptors (Lipinski definition) is 7. The van der Waals surface area contributed by atoms with Crippen LogP contribution in [-0.4, -0.2) is 59.9 Å². The second kappa shape index (κ2) is 11.5. The third-order valence-electron chi connectivity index (χ3n) is 5.82. The first-order chi connectivity index (χ1) is 19.4. The van der Waals surface area contributed by atoms with Gasteiger partial charge >= 0.3 is 11.9 Å². The standard InChI is InChI=1S/C10H11FN2O.C9H7FN2O2.C8H5FN2O2/c1-10(2,14)9-6-4-3-5-7(11)8(6)12-13-9;1-14-9(13)8-5-3-2-4-6(10)7(5)11-12-8;9-5-3-1-2-4-6(5)10-11-7(4)8(12)13/h3-5,14H,1-2H3,(H,12,13);2-4H,1H3,(H,11,12);1-3H,(H,10,11)(H,12,13). The predicted octanol–water partition coefficient (Wildman–Crippen LogP) is 4.82. The Kier molecular flexibility index (Phi) is 8.05. The number of ether oxygens (including phenoxy) is 1. The van der Waals surface area contributed by atoms with Gasteiger partial charge in [-0.2, -0.15) is 15.3 Å². The molecule has 3 aromatic carbocycles. The highest BCUT2D eigenvalue weighted by molar-refractivity contribution is 6.02. The van der Waals surface area contributed by atoms with Crippen LogP contribution in [0, 0.1) is 17.5 Å². The highest BCUT2D eigenvalue weighted by Crippen LogP contribution is 2.27. The third kappa shape index (κ3) is 5.86. The van der Waals surface area contributed by atoms with Crippen molar-refractivity contribution in [1.82, 2.24) is 30.6 Å². The molecular formula is C27H23F3N6O5. The van der Waals surface area contributed by atoms with E-state index in [0.29, 0.717) is 16.5 Å². The molecule has 0 saturated heterocycles. The monoisotopic (exact) mass is 568 g/mol. The summed E-state index contributed by atoms with van der Waals surface area (Å²) in [4.78, 5) is 21.8. The van der Waals surface area contributed by atoms with Gasteiger partial charge in [0.1, 0.15) is 22.2 Å². The Morgan fingerprint density at radius 2 is 1.15 bits per heavy atom. The number of hydrogen-bond donors (Lipinski definition) is 5. The van der Waals surface area contributed by atoms with Gasteiger partial charge in [-0.15, -0.1) is 0 Å². The Morgan fingerprint density at radius 3 is 1.61 bits per heavy atom. The van der Waals surface area contributed by atoms with E-state index in [1.54, 1.807) is 32.0 Å². The average molecular weight is 569 g/mol. The van der Waals surface area contributed by atoms with Crippen LogP contribution in [0.3, 0.4) is 0 Å². The second-order valence-electron chi connectivity index (χ2n) is 9.06. The number of esters is 1. The van der Waals surface area contributed by atoms with Gasteiger partial charge in [0.05, 0.1) is 12.8 Å².